The highest BCUT2D eigenvalue weighted by molar-refractivity contribution is 7.54. The highest BCUT2D eigenvalue weighted by Gasteiger charge is 2.59. The summed E-state index contributed by atoms with van der Waals surface area (Å²) in [6.45, 7) is 3.61. The summed E-state index contributed by atoms with van der Waals surface area (Å²) >= 11 is 0. The van der Waals surface area contributed by atoms with Crippen molar-refractivity contribution in [3.05, 3.63) is 71.8 Å². The Morgan fingerprint density at radius 2 is 1.10 bits per heavy atom. The molecule has 0 radical (unpaired) electrons. The third kappa shape index (κ3) is 9.50. The largest absolute Gasteiger partial charge is 0.463 e. The molecule has 1 aliphatic heterocycles. The van der Waals surface area contributed by atoms with Crippen LogP contribution >= 0.6 is 7.60 Å². The van der Waals surface area contributed by atoms with Crippen LogP contribution in [0.15, 0.2) is 60.7 Å². The van der Waals surface area contributed by atoms with Crippen LogP contribution in [0.4, 0.5) is 0 Å². The Bertz CT molecular complexity index is 1190. The molecule has 0 saturated carbocycles. The van der Waals surface area contributed by atoms with Crippen LogP contribution in [0.5, 0.6) is 0 Å². The smallest absolute Gasteiger partial charge is 0.363 e. The van der Waals surface area contributed by atoms with Crippen molar-refractivity contribution in [3.8, 4) is 0 Å². The SMILES string of the molecule is CC(=O)OCC1OC(P(=O)(OCc2ccccc2)OCc2ccccc2)C(OC(C)=O)C(OC(C)=O)C1OC(C)=O. The molecule has 0 amide bonds. The molecule has 2 aromatic rings. The molecule has 222 valence electrons. The zero-order chi connectivity index (χ0) is 30.0. The summed E-state index contributed by atoms with van der Waals surface area (Å²) in [7, 11) is -4.44. The van der Waals surface area contributed by atoms with Crippen LogP contribution in [0.25, 0.3) is 0 Å². The predicted octanol–water partition coefficient (Wildman–Crippen LogP) is 3.70. The number of rotatable bonds is 12. The topological polar surface area (TPSA) is 150 Å². The Balaban J connectivity index is 2.08. The van der Waals surface area contributed by atoms with Gasteiger partial charge in [-0.25, -0.2) is 0 Å². The van der Waals surface area contributed by atoms with Gasteiger partial charge in [0.15, 0.2) is 24.2 Å². The molecule has 0 bridgehead atoms. The van der Waals surface area contributed by atoms with Crippen molar-refractivity contribution in [1.29, 1.82) is 0 Å². The summed E-state index contributed by atoms with van der Waals surface area (Å²) in [5, 5.41) is 0. The van der Waals surface area contributed by atoms with E-state index >= 15 is 0 Å². The zero-order valence-corrected chi connectivity index (χ0v) is 24.0. The lowest BCUT2D eigenvalue weighted by molar-refractivity contribution is -0.241. The Kier molecular flexibility index (Phi) is 11.6. The minimum atomic E-state index is -4.44. The van der Waals surface area contributed by atoms with E-state index in [1.54, 1.807) is 60.7 Å². The van der Waals surface area contributed by atoms with Gasteiger partial charge in [0.2, 0.25) is 0 Å². The number of esters is 4. The Hall–Kier alpha value is -3.57. The molecular formula is C28H33O12P. The Morgan fingerprint density at radius 1 is 0.659 bits per heavy atom. The van der Waals surface area contributed by atoms with E-state index in [-0.39, 0.29) is 13.2 Å². The maximum Gasteiger partial charge on any atom is 0.363 e. The lowest BCUT2D eigenvalue weighted by Crippen LogP contribution is -2.62. The average molecular weight is 593 g/mol. The highest BCUT2D eigenvalue weighted by atomic mass is 31.2. The molecule has 5 atom stereocenters. The molecule has 1 fully saturated rings. The lowest BCUT2D eigenvalue weighted by Gasteiger charge is -2.45. The first-order chi connectivity index (χ1) is 19.5. The monoisotopic (exact) mass is 592 g/mol. The second-order valence-corrected chi connectivity index (χ2v) is 11.3. The molecule has 3 rings (SSSR count). The number of hydrogen-bond donors (Lipinski definition) is 0. The standard InChI is InChI=1S/C28H33O12P/c1-18(29)34-17-24-25(37-19(2)30)26(38-20(3)31)27(39-21(4)32)28(40-24)41(33,35-15-22-11-7-5-8-12-22)36-16-23-13-9-6-10-14-23/h5-14,24-28H,15-17H2,1-4H3. The molecule has 0 aliphatic carbocycles. The normalized spacial score (nSPS) is 22.3. The van der Waals surface area contributed by atoms with Crippen molar-refractivity contribution in [2.75, 3.05) is 6.61 Å². The third-order valence-corrected chi connectivity index (χ3v) is 7.80. The third-order valence-electron chi connectivity index (χ3n) is 5.79. The highest BCUT2D eigenvalue weighted by Crippen LogP contribution is 2.59. The molecule has 0 N–H and O–H groups in total. The molecule has 12 nitrogen and oxygen atoms in total. The van der Waals surface area contributed by atoms with Gasteiger partial charge < -0.3 is 32.7 Å². The number of benzene rings is 2. The van der Waals surface area contributed by atoms with E-state index < -0.39 is 68.3 Å². The predicted molar refractivity (Wildman–Crippen MR) is 142 cm³/mol. The summed E-state index contributed by atoms with van der Waals surface area (Å²) in [6, 6.07) is 17.6. The summed E-state index contributed by atoms with van der Waals surface area (Å²) in [6.07, 6.45) is -5.84. The van der Waals surface area contributed by atoms with Crippen molar-refractivity contribution >= 4 is 31.5 Å². The van der Waals surface area contributed by atoms with Gasteiger partial charge in [-0.1, -0.05) is 60.7 Å². The van der Waals surface area contributed by atoms with E-state index in [2.05, 4.69) is 0 Å². The second kappa shape index (κ2) is 14.9. The van der Waals surface area contributed by atoms with Crippen LogP contribution in [0.1, 0.15) is 38.8 Å². The van der Waals surface area contributed by atoms with Gasteiger partial charge >= 0.3 is 31.5 Å². The molecule has 1 saturated heterocycles. The van der Waals surface area contributed by atoms with Gasteiger partial charge in [0.25, 0.3) is 0 Å². The quantitative estimate of drug-likeness (QED) is 0.201. The number of carbonyl (C=O) groups is 4. The van der Waals surface area contributed by atoms with Gasteiger partial charge in [0.05, 0.1) is 13.2 Å². The first-order valence-corrected chi connectivity index (χ1v) is 14.4. The van der Waals surface area contributed by atoms with E-state index in [1.165, 1.54) is 0 Å². The first kappa shape index (κ1) is 32.0. The number of ether oxygens (including phenoxy) is 5. The Labute approximate surface area is 237 Å². The zero-order valence-electron chi connectivity index (χ0n) is 23.1. The van der Waals surface area contributed by atoms with Gasteiger partial charge in [-0.3, -0.25) is 23.7 Å². The minimum absolute atomic E-state index is 0.181. The molecule has 0 spiro atoms. The van der Waals surface area contributed by atoms with Crippen LogP contribution in [-0.4, -0.2) is 60.7 Å². The van der Waals surface area contributed by atoms with Gasteiger partial charge in [-0.05, 0) is 11.1 Å². The molecule has 1 heterocycles. The minimum Gasteiger partial charge on any atom is -0.463 e. The van der Waals surface area contributed by atoms with Crippen LogP contribution in [0, 0.1) is 0 Å². The Morgan fingerprint density at radius 3 is 1.54 bits per heavy atom. The van der Waals surface area contributed by atoms with Gasteiger partial charge in [0.1, 0.15) is 12.7 Å². The fourth-order valence-corrected chi connectivity index (χ4v) is 6.04. The molecule has 13 heteroatoms. The van der Waals surface area contributed by atoms with Crippen molar-refractivity contribution in [3.63, 3.8) is 0 Å². The summed E-state index contributed by atoms with van der Waals surface area (Å²) < 4.78 is 53.9. The lowest BCUT2D eigenvalue weighted by atomic mass is 9.99. The van der Waals surface area contributed by atoms with Gasteiger partial charge in [-0.2, -0.15) is 0 Å². The molecule has 2 aromatic carbocycles. The average Bonchev–Trinajstić information content (AvgIpc) is 2.92. The summed E-state index contributed by atoms with van der Waals surface area (Å²) in [4.78, 5) is 48.0. The van der Waals surface area contributed by atoms with E-state index in [0.29, 0.717) is 11.1 Å². The first-order valence-electron chi connectivity index (χ1n) is 12.8. The van der Waals surface area contributed by atoms with Crippen molar-refractivity contribution < 1.29 is 56.5 Å². The fraction of sp³-hybridized carbons (Fsp3) is 0.429. The second-order valence-electron chi connectivity index (χ2n) is 9.15. The number of hydrogen-bond acceptors (Lipinski definition) is 12. The molecule has 1 aliphatic rings. The van der Waals surface area contributed by atoms with Crippen LogP contribution in [0.3, 0.4) is 0 Å². The maximum atomic E-state index is 14.6. The molecule has 5 unspecified atom stereocenters. The van der Waals surface area contributed by atoms with Crippen LogP contribution < -0.4 is 0 Å². The van der Waals surface area contributed by atoms with Crippen LogP contribution in [0.2, 0.25) is 0 Å². The molecule has 0 aromatic heterocycles. The van der Waals surface area contributed by atoms with Gasteiger partial charge in [0, 0.05) is 27.7 Å². The molecule has 41 heavy (non-hydrogen) atoms. The van der Waals surface area contributed by atoms with Crippen molar-refractivity contribution in [1.82, 2.24) is 0 Å². The van der Waals surface area contributed by atoms with Gasteiger partial charge in [-0.15, -0.1) is 0 Å². The maximum absolute atomic E-state index is 14.6. The van der Waals surface area contributed by atoms with Crippen molar-refractivity contribution in [2.45, 2.75) is 71.2 Å². The fourth-order valence-electron chi connectivity index (χ4n) is 4.12. The summed E-state index contributed by atoms with van der Waals surface area (Å²) in [5.41, 5.74) is 1.31. The van der Waals surface area contributed by atoms with E-state index in [4.69, 9.17) is 32.7 Å². The van der Waals surface area contributed by atoms with E-state index in [0.717, 1.165) is 27.7 Å². The van der Waals surface area contributed by atoms with E-state index in [9.17, 15) is 23.7 Å². The van der Waals surface area contributed by atoms with Crippen LogP contribution in [-0.2, 0) is 69.7 Å². The summed E-state index contributed by atoms with van der Waals surface area (Å²) in [5.74, 6) is -4.80. The number of carbonyl (C=O) groups excluding carboxylic acids is 4. The van der Waals surface area contributed by atoms with E-state index in [1.807, 2.05) is 0 Å². The molecular weight excluding hydrogens is 559 g/mol. The van der Waals surface area contributed by atoms with Crippen molar-refractivity contribution in [2.24, 2.45) is 0 Å².